The van der Waals surface area contributed by atoms with Crippen molar-refractivity contribution in [2.24, 2.45) is 11.7 Å². The second kappa shape index (κ2) is 6.12. The first-order valence-corrected chi connectivity index (χ1v) is 7.59. The van der Waals surface area contributed by atoms with Crippen LogP contribution in [0.5, 0.6) is 17.2 Å². The Labute approximate surface area is 126 Å². The Morgan fingerprint density at radius 1 is 1.33 bits per heavy atom. The summed E-state index contributed by atoms with van der Waals surface area (Å²) < 4.78 is 16.3. The summed E-state index contributed by atoms with van der Waals surface area (Å²) in [6, 6.07) is 4.66. The van der Waals surface area contributed by atoms with Crippen LogP contribution < -0.4 is 19.9 Å². The summed E-state index contributed by atoms with van der Waals surface area (Å²) in [4.78, 5) is 2.40. The molecule has 1 aromatic rings. The second-order valence-corrected chi connectivity index (χ2v) is 5.94. The molecule has 0 aromatic heterocycles. The second-order valence-electron chi connectivity index (χ2n) is 5.94. The number of rotatable bonds is 5. The fraction of sp³-hybridized carbons (Fsp3) is 0.625. The first kappa shape index (κ1) is 14.5. The topological polar surface area (TPSA) is 57.0 Å². The van der Waals surface area contributed by atoms with E-state index in [0.29, 0.717) is 17.7 Å². The molecule has 1 aliphatic heterocycles. The zero-order valence-corrected chi connectivity index (χ0v) is 12.8. The van der Waals surface area contributed by atoms with Gasteiger partial charge < -0.3 is 19.9 Å². The number of hydrogen-bond donors (Lipinski definition) is 1. The van der Waals surface area contributed by atoms with Crippen molar-refractivity contribution < 1.29 is 14.2 Å². The van der Waals surface area contributed by atoms with Crippen molar-refractivity contribution in [1.29, 1.82) is 0 Å². The van der Waals surface area contributed by atoms with Crippen LogP contribution in [0.15, 0.2) is 12.1 Å². The molecule has 21 heavy (non-hydrogen) atoms. The van der Waals surface area contributed by atoms with E-state index in [1.165, 1.54) is 24.8 Å². The van der Waals surface area contributed by atoms with Gasteiger partial charge in [0.05, 0.1) is 7.11 Å². The quantitative estimate of drug-likeness (QED) is 0.899. The molecule has 3 rings (SSSR count). The van der Waals surface area contributed by atoms with Gasteiger partial charge in [-0.05, 0) is 50.0 Å². The predicted molar refractivity (Wildman–Crippen MR) is 80.8 cm³/mol. The van der Waals surface area contributed by atoms with Crippen LogP contribution in [0.3, 0.4) is 0 Å². The molecule has 0 amide bonds. The molecule has 5 heteroatoms. The van der Waals surface area contributed by atoms with Crippen molar-refractivity contribution in [3.8, 4) is 17.2 Å². The van der Waals surface area contributed by atoms with E-state index in [1.807, 2.05) is 12.1 Å². The number of fused-ring (bicyclic) bond motifs is 1. The van der Waals surface area contributed by atoms with Gasteiger partial charge in [0.2, 0.25) is 12.5 Å². The van der Waals surface area contributed by atoms with E-state index in [-0.39, 0.29) is 6.79 Å². The summed E-state index contributed by atoms with van der Waals surface area (Å²) in [5, 5.41) is 0. The van der Waals surface area contributed by atoms with Crippen molar-refractivity contribution in [2.45, 2.75) is 31.8 Å². The Morgan fingerprint density at radius 2 is 2.19 bits per heavy atom. The van der Waals surface area contributed by atoms with Crippen molar-refractivity contribution >= 4 is 0 Å². The van der Waals surface area contributed by atoms with E-state index < -0.39 is 0 Å². The molecule has 2 atom stereocenters. The molecule has 5 nitrogen and oxygen atoms in total. The maximum absolute atomic E-state index is 5.89. The Bertz CT molecular complexity index is 507. The molecule has 0 bridgehead atoms. The zero-order valence-electron chi connectivity index (χ0n) is 12.8. The Kier molecular flexibility index (Phi) is 4.22. The zero-order chi connectivity index (χ0) is 14.8. The molecular formula is C16H24N2O3. The van der Waals surface area contributed by atoms with Crippen LogP contribution in [-0.4, -0.2) is 38.4 Å². The SMILES string of the molecule is COc1cc(CN(C)C2CCCC2CN)cc2c1OCO2. The van der Waals surface area contributed by atoms with Crippen molar-refractivity contribution in [3.63, 3.8) is 0 Å². The fourth-order valence-electron chi connectivity index (χ4n) is 3.55. The lowest BCUT2D eigenvalue weighted by Crippen LogP contribution is -2.37. The van der Waals surface area contributed by atoms with E-state index >= 15 is 0 Å². The maximum atomic E-state index is 5.89. The molecule has 2 N–H and O–H groups in total. The van der Waals surface area contributed by atoms with Gasteiger partial charge in [-0.2, -0.15) is 0 Å². The maximum Gasteiger partial charge on any atom is 0.231 e. The van der Waals surface area contributed by atoms with Gasteiger partial charge >= 0.3 is 0 Å². The average Bonchev–Trinajstić information content (AvgIpc) is 3.14. The Hall–Kier alpha value is -1.46. The minimum Gasteiger partial charge on any atom is -0.493 e. The molecule has 1 fully saturated rings. The molecule has 1 saturated carbocycles. The summed E-state index contributed by atoms with van der Waals surface area (Å²) >= 11 is 0. The summed E-state index contributed by atoms with van der Waals surface area (Å²) in [5.74, 6) is 2.85. The number of methoxy groups -OCH3 is 1. The number of ether oxygens (including phenoxy) is 3. The molecule has 2 unspecified atom stereocenters. The van der Waals surface area contributed by atoms with Gasteiger partial charge in [-0.25, -0.2) is 0 Å². The predicted octanol–water partition coefficient (Wildman–Crippen LogP) is 1.98. The third kappa shape index (κ3) is 2.80. The highest BCUT2D eigenvalue weighted by Crippen LogP contribution is 2.42. The van der Waals surface area contributed by atoms with Crippen molar-refractivity contribution in [1.82, 2.24) is 4.90 Å². The number of benzene rings is 1. The largest absolute Gasteiger partial charge is 0.493 e. The lowest BCUT2D eigenvalue weighted by molar-refractivity contribution is 0.171. The minimum absolute atomic E-state index is 0.267. The normalized spacial score (nSPS) is 23.8. The van der Waals surface area contributed by atoms with Crippen LogP contribution in [-0.2, 0) is 6.54 Å². The Balaban J connectivity index is 1.75. The molecule has 0 radical (unpaired) electrons. The van der Waals surface area contributed by atoms with Crippen LogP contribution in [0.2, 0.25) is 0 Å². The molecule has 0 saturated heterocycles. The molecule has 1 heterocycles. The van der Waals surface area contributed by atoms with Gasteiger partial charge in [0, 0.05) is 12.6 Å². The van der Waals surface area contributed by atoms with Gasteiger partial charge in [-0.15, -0.1) is 0 Å². The van der Waals surface area contributed by atoms with Crippen LogP contribution in [0.4, 0.5) is 0 Å². The van der Waals surface area contributed by atoms with E-state index in [0.717, 1.165) is 24.6 Å². The van der Waals surface area contributed by atoms with Crippen LogP contribution >= 0.6 is 0 Å². The molecule has 0 spiro atoms. The fourth-order valence-corrected chi connectivity index (χ4v) is 3.55. The minimum atomic E-state index is 0.267. The summed E-state index contributed by atoms with van der Waals surface area (Å²) in [6.07, 6.45) is 3.76. The molecule has 116 valence electrons. The number of nitrogens with two attached hydrogens (primary N) is 1. The average molecular weight is 292 g/mol. The molecular weight excluding hydrogens is 268 g/mol. The first-order valence-electron chi connectivity index (χ1n) is 7.59. The van der Waals surface area contributed by atoms with Gasteiger partial charge in [-0.3, -0.25) is 4.90 Å². The van der Waals surface area contributed by atoms with Gasteiger partial charge in [-0.1, -0.05) is 6.42 Å². The van der Waals surface area contributed by atoms with Gasteiger partial charge in [0.15, 0.2) is 11.5 Å². The van der Waals surface area contributed by atoms with E-state index in [2.05, 4.69) is 11.9 Å². The summed E-state index contributed by atoms with van der Waals surface area (Å²) in [5.41, 5.74) is 7.07. The van der Waals surface area contributed by atoms with E-state index in [4.69, 9.17) is 19.9 Å². The lowest BCUT2D eigenvalue weighted by atomic mass is 10.0. The molecule has 1 aliphatic carbocycles. The van der Waals surface area contributed by atoms with E-state index in [1.54, 1.807) is 7.11 Å². The monoisotopic (exact) mass is 292 g/mol. The third-order valence-corrected chi connectivity index (χ3v) is 4.64. The van der Waals surface area contributed by atoms with Gasteiger partial charge in [0.25, 0.3) is 0 Å². The first-order chi connectivity index (χ1) is 10.2. The summed E-state index contributed by atoms with van der Waals surface area (Å²) in [7, 11) is 3.84. The van der Waals surface area contributed by atoms with Crippen molar-refractivity contribution in [2.75, 3.05) is 27.5 Å². The summed E-state index contributed by atoms with van der Waals surface area (Å²) in [6.45, 7) is 1.91. The smallest absolute Gasteiger partial charge is 0.231 e. The van der Waals surface area contributed by atoms with E-state index in [9.17, 15) is 0 Å². The van der Waals surface area contributed by atoms with Crippen LogP contribution in [0, 0.1) is 5.92 Å². The highest BCUT2D eigenvalue weighted by molar-refractivity contribution is 5.55. The van der Waals surface area contributed by atoms with Crippen LogP contribution in [0.25, 0.3) is 0 Å². The highest BCUT2D eigenvalue weighted by atomic mass is 16.7. The standard InChI is InChI=1S/C16H24N2O3/c1-18(13-5-3-4-12(13)8-17)9-11-6-14(19-2)16-15(7-11)20-10-21-16/h6-7,12-13H,3-5,8-10,17H2,1-2H3. The highest BCUT2D eigenvalue weighted by Gasteiger charge is 2.29. The molecule has 1 aromatic carbocycles. The lowest BCUT2D eigenvalue weighted by Gasteiger charge is -2.29. The van der Waals surface area contributed by atoms with Crippen molar-refractivity contribution in [3.05, 3.63) is 17.7 Å². The third-order valence-electron chi connectivity index (χ3n) is 4.64. The van der Waals surface area contributed by atoms with Crippen LogP contribution in [0.1, 0.15) is 24.8 Å². The number of nitrogens with zero attached hydrogens (tertiary/aromatic N) is 1. The number of hydrogen-bond acceptors (Lipinski definition) is 5. The Morgan fingerprint density at radius 3 is 2.95 bits per heavy atom. The molecule has 2 aliphatic rings. The van der Waals surface area contributed by atoms with Gasteiger partial charge in [0.1, 0.15) is 0 Å².